The molecule has 6 aromatic rings. The first kappa shape index (κ1) is 29.6. The SMILES string of the molecule is COc1ccccc1-n1c(SCc2nc(C(=O)NC(Cc3ccccc3)c3ccccc3)cs2)nnc1-c1ccccc1Cl. The normalized spacial score (nSPS) is 11.7. The molecule has 0 aliphatic heterocycles. The van der Waals surface area contributed by atoms with Gasteiger partial charge in [-0.1, -0.05) is 108 Å². The van der Waals surface area contributed by atoms with E-state index in [4.69, 9.17) is 16.3 Å². The van der Waals surface area contributed by atoms with Crippen LogP contribution < -0.4 is 10.1 Å². The van der Waals surface area contributed by atoms with Crippen LogP contribution in [0.4, 0.5) is 0 Å². The van der Waals surface area contributed by atoms with Gasteiger partial charge in [0.2, 0.25) is 0 Å². The number of methoxy groups -OCH3 is 1. The fraction of sp³-hybridized carbons (Fsp3) is 0.118. The number of aromatic nitrogens is 4. The summed E-state index contributed by atoms with van der Waals surface area (Å²) >= 11 is 9.48. The van der Waals surface area contributed by atoms with E-state index >= 15 is 0 Å². The topological polar surface area (TPSA) is 81.9 Å². The number of carbonyl (C=O) groups is 1. The third kappa shape index (κ3) is 6.70. The van der Waals surface area contributed by atoms with Crippen LogP contribution >= 0.6 is 34.7 Å². The standard InChI is InChI=1S/C34H28ClN5O2S2/c1-42-30-19-11-10-18-29(30)40-32(25-16-8-9-17-26(25)35)38-39-34(40)44-22-31-36-28(21-43-31)33(41)37-27(24-14-6-3-7-15-24)20-23-12-4-2-5-13-23/h2-19,21,27H,20,22H2,1H3,(H,37,41). The first-order chi connectivity index (χ1) is 21.6. The Morgan fingerprint density at radius 3 is 2.41 bits per heavy atom. The third-order valence-electron chi connectivity index (χ3n) is 6.97. The van der Waals surface area contributed by atoms with E-state index in [0.29, 0.717) is 39.6 Å². The minimum atomic E-state index is -0.208. The van der Waals surface area contributed by atoms with Crippen LogP contribution in [0.1, 0.15) is 32.7 Å². The van der Waals surface area contributed by atoms with E-state index in [-0.39, 0.29) is 11.9 Å². The van der Waals surface area contributed by atoms with E-state index in [2.05, 4.69) is 32.6 Å². The lowest BCUT2D eigenvalue weighted by Gasteiger charge is -2.19. The molecule has 0 aliphatic rings. The lowest BCUT2D eigenvalue weighted by molar-refractivity contribution is 0.0932. The Morgan fingerprint density at radius 1 is 0.932 bits per heavy atom. The number of carbonyl (C=O) groups excluding carboxylic acids is 1. The van der Waals surface area contributed by atoms with E-state index in [1.54, 1.807) is 12.5 Å². The maximum Gasteiger partial charge on any atom is 0.271 e. The zero-order valence-electron chi connectivity index (χ0n) is 23.8. The van der Waals surface area contributed by atoms with Gasteiger partial charge in [-0.25, -0.2) is 4.98 Å². The number of thiazole rings is 1. The molecule has 0 bridgehead atoms. The summed E-state index contributed by atoms with van der Waals surface area (Å²) in [6.45, 7) is 0. The summed E-state index contributed by atoms with van der Waals surface area (Å²) in [6, 6.07) is 35.2. The fourth-order valence-corrected chi connectivity index (χ4v) is 6.80. The van der Waals surface area contributed by atoms with Crippen LogP contribution in [0.3, 0.4) is 0 Å². The molecule has 0 fully saturated rings. The molecule has 1 atom stereocenters. The van der Waals surface area contributed by atoms with Crippen molar-refractivity contribution in [3.05, 3.63) is 141 Å². The van der Waals surface area contributed by atoms with Crippen LogP contribution in [0.2, 0.25) is 5.02 Å². The highest BCUT2D eigenvalue weighted by atomic mass is 35.5. The van der Waals surface area contributed by atoms with Gasteiger partial charge in [0.05, 0.1) is 29.6 Å². The second kappa shape index (κ2) is 13.9. The summed E-state index contributed by atoms with van der Waals surface area (Å²) in [5.74, 6) is 1.58. The van der Waals surface area contributed by atoms with Crippen molar-refractivity contribution in [3.63, 3.8) is 0 Å². The monoisotopic (exact) mass is 637 g/mol. The van der Waals surface area contributed by atoms with Crippen molar-refractivity contribution >= 4 is 40.6 Å². The number of rotatable bonds is 11. The molecule has 0 radical (unpaired) electrons. The van der Waals surface area contributed by atoms with Crippen LogP contribution in [0, 0.1) is 0 Å². The Balaban J connectivity index is 1.22. The number of nitrogens with zero attached hydrogens (tertiary/aromatic N) is 4. The number of thioether (sulfide) groups is 1. The zero-order chi connectivity index (χ0) is 30.3. The molecule has 10 heteroatoms. The van der Waals surface area contributed by atoms with Crippen molar-refractivity contribution in [2.24, 2.45) is 0 Å². The summed E-state index contributed by atoms with van der Waals surface area (Å²) in [5.41, 5.74) is 4.13. The fourth-order valence-electron chi connectivity index (χ4n) is 4.84. The highest BCUT2D eigenvalue weighted by Gasteiger charge is 2.22. The highest BCUT2D eigenvalue weighted by molar-refractivity contribution is 7.98. The van der Waals surface area contributed by atoms with Crippen molar-refractivity contribution in [3.8, 4) is 22.8 Å². The summed E-state index contributed by atoms with van der Waals surface area (Å²) in [6.07, 6.45) is 0.676. The van der Waals surface area contributed by atoms with Crippen LogP contribution in [-0.4, -0.2) is 32.8 Å². The predicted molar refractivity (Wildman–Crippen MR) is 177 cm³/mol. The number of ether oxygens (including phenoxy) is 1. The quantitative estimate of drug-likeness (QED) is 0.145. The van der Waals surface area contributed by atoms with Crippen molar-refractivity contribution in [1.82, 2.24) is 25.1 Å². The van der Waals surface area contributed by atoms with Gasteiger partial charge in [-0.15, -0.1) is 21.5 Å². The van der Waals surface area contributed by atoms with Gasteiger partial charge in [0.1, 0.15) is 16.5 Å². The van der Waals surface area contributed by atoms with Gasteiger partial charge in [0.25, 0.3) is 5.91 Å². The molecule has 0 saturated carbocycles. The first-order valence-corrected chi connectivity index (χ1v) is 16.2. The Labute approximate surface area is 268 Å². The van der Waals surface area contributed by atoms with E-state index in [1.807, 2.05) is 102 Å². The summed E-state index contributed by atoms with van der Waals surface area (Å²) < 4.78 is 7.61. The van der Waals surface area contributed by atoms with E-state index in [9.17, 15) is 4.79 Å². The van der Waals surface area contributed by atoms with Gasteiger partial charge < -0.3 is 10.1 Å². The second-order valence-corrected chi connectivity index (χ2v) is 12.1. The minimum Gasteiger partial charge on any atom is -0.495 e. The van der Waals surface area contributed by atoms with Crippen molar-refractivity contribution in [1.29, 1.82) is 0 Å². The molecule has 1 unspecified atom stereocenters. The Morgan fingerprint density at radius 2 is 1.64 bits per heavy atom. The molecule has 44 heavy (non-hydrogen) atoms. The van der Waals surface area contributed by atoms with Crippen LogP contribution in [0.25, 0.3) is 17.1 Å². The van der Waals surface area contributed by atoms with E-state index in [0.717, 1.165) is 27.4 Å². The van der Waals surface area contributed by atoms with Gasteiger partial charge in [0, 0.05) is 10.9 Å². The first-order valence-electron chi connectivity index (χ1n) is 13.9. The summed E-state index contributed by atoms with van der Waals surface area (Å²) in [4.78, 5) is 18.1. The van der Waals surface area contributed by atoms with Gasteiger partial charge in [0.15, 0.2) is 11.0 Å². The maximum atomic E-state index is 13.4. The molecule has 6 rings (SSSR count). The van der Waals surface area contributed by atoms with Crippen LogP contribution in [-0.2, 0) is 12.2 Å². The number of amides is 1. The molecule has 1 N–H and O–H groups in total. The lowest BCUT2D eigenvalue weighted by atomic mass is 9.99. The smallest absolute Gasteiger partial charge is 0.271 e. The number of benzene rings is 4. The molecule has 0 saturated heterocycles. The zero-order valence-corrected chi connectivity index (χ0v) is 26.1. The Kier molecular flexibility index (Phi) is 9.36. The molecule has 7 nitrogen and oxygen atoms in total. The number of hydrogen-bond acceptors (Lipinski definition) is 7. The number of hydrogen-bond donors (Lipinski definition) is 1. The number of para-hydroxylation sites is 2. The summed E-state index contributed by atoms with van der Waals surface area (Å²) in [5, 5.41) is 16.1. The molecule has 2 heterocycles. The molecule has 220 valence electrons. The Bertz CT molecular complexity index is 1860. The van der Waals surface area contributed by atoms with E-state index in [1.165, 1.54) is 23.1 Å². The molecule has 4 aromatic carbocycles. The number of nitrogens with one attached hydrogen (secondary N) is 1. The van der Waals surface area contributed by atoms with Gasteiger partial charge in [-0.3, -0.25) is 9.36 Å². The van der Waals surface area contributed by atoms with Gasteiger partial charge >= 0.3 is 0 Å². The molecular formula is C34H28ClN5O2S2. The third-order valence-corrected chi connectivity index (χ3v) is 9.27. The second-order valence-electron chi connectivity index (χ2n) is 9.83. The molecule has 1 amide bonds. The molecule has 0 aliphatic carbocycles. The molecular weight excluding hydrogens is 610 g/mol. The van der Waals surface area contributed by atoms with Gasteiger partial charge in [-0.05, 0) is 41.8 Å². The molecule has 0 spiro atoms. The van der Waals surface area contributed by atoms with Crippen molar-refractivity contribution in [2.45, 2.75) is 23.4 Å². The van der Waals surface area contributed by atoms with Crippen LogP contribution in [0.15, 0.2) is 120 Å². The van der Waals surface area contributed by atoms with Crippen molar-refractivity contribution in [2.75, 3.05) is 7.11 Å². The molecule has 2 aromatic heterocycles. The average molecular weight is 638 g/mol. The number of halogens is 1. The minimum absolute atomic E-state index is 0.187. The maximum absolute atomic E-state index is 13.4. The predicted octanol–water partition coefficient (Wildman–Crippen LogP) is 8.06. The Hall–Kier alpha value is -4.44. The average Bonchev–Trinajstić information content (AvgIpc) is 3.72. The van der Waals surface area contributed by atoms with E-state index < -0.39 is 0 Å². The lowest BCUT2D eigenvalue weighted by Crippen LogP contribution is -2.30. The van der Waals surface area contributed by atoms with Gasteiger partial charge in [-0.2, -0.15) is 0 Å². The highest BCUT2D eigenvalue weighted by Crippen LogP contribution is 2.36. The summed E-state index contributed by atoms with van der Waals surface area (Å²) in [7, 11) is 1.63. The van der Waals surface area contributed by atoms with Crippen molar-refractivity contribution < 1.29 is 9.53 Å². The van der Waals surface area contributed by atoms with Crippen LogP contribution in [0.5, 0.6) is 5.75 Å². The largest absolute Gasteiger partial charge is 0.495 e.